The quantitative estimate of drug-likeness (QED) is 0.315. The maximum absolute atomic E-state index is 4.79. The molecule has 0 atom stereocenters. The summed E-state index contributed by atoms with van der Waals surface area (Å²) in [6.45, 7) is 4.73. The second kappa shape index (κ2) is 10.6. The fourth-order valence-corrected chi connectivity index (χ4v) is 3.12. The van der Waals surface area contributed by atoms with Gasteiger partial charge in [-0.25, -0.2) is 9.98 Å². The molecule has 0 radical (unpaired) electrons. The molecule has 0 aliphatic heterocycles. The van der Waals surface area contributed by atoms with Crippen LogP contribution in [0.4, 0.5) is 5.69 Å². The molecule has 166 valence electrons. The van der Waals surface area contributed by atoms with Crippen LogP contribution in [0.1, 0.15) is 23.9 Å². The Morgan fingerprint density at radius 1 is 1.10 bits per heavy atom. The molecule has 0 bridgehead atoms. The second-order valence-electron chi connectivity index (χ2n) is 7.56. The van der Waals surface area contributed by atoms with Crippen molar-refractivity contribution < 1.29 is 0 Å². The molecular weight excluding hydrogens is 392 g/mol. The lowest BCUT2D eigenvalue weighted by Gasteiger charge is -2.23. The van der Waals surface area contributed by atoms with Gasteiger partial charge in [-0.2, -0.15) is 5.10 Å². The van der Waals surface area contributed by atoms with Crippen LogP contribution >= 0.6 is 0 Å². The standard InChI is InChI=1S/C21H32N10/c1-17-26-27-19(30(17)4)14-23-21(29(3)15-20-24-16-25-31(20)5)22-12-9-13-28(2)18-10-7-6-8-11-18/h6-8,10-11,16H,9,12-15H2,1-5H3,(H,22,23). The van der Waals surface area contributed by atoms with E-state index in [4.69, 9.17) is 4.99 Å². The first-order chi connectivity index (χ1) is 15.0. The van der Waals surface area contributed by atoms with Crippen LogP contribution in [-0.2, 0) is 27.2 Å². The van der Waals surface area contributed by atoms with Crippen LogP contribution in [0.15, 0.2) is 41.7 Å². The number of para-hydroxylation sites is 1. The van der Waals surface area contributed by atoms with E-state index in [-0.39, 0.29) is 0 Å². The van der Waals surface area contributed by atoms with E-state index in [0.29, 0.717) is 13.1 Å². The number of aliphatic imine (C=N–C) groups is 1. The van der Waals surface area contributed by atoms with E-state index >= 15 is 0 Å². The Hall–Kier alpha value is -3.43. The highest BCUT2D eigenvalue weighted by molar-refractivity contribution is 5.79. The molecule has 0 spiro atoms. The van der Waals surface area contributed by atoms with Crippen molar-refractivity contribution in [3.05, 3.63) is 54.1 Å². The Kier molecular flexibility index (Phi) is 7.58. The van der Waals surface area contributed by atoms with Crippen LogP contribution in [0.25, 0.3) is 0 Å². The summed E-state index contributed by atoms with van der Waals surface area (Å²) in [7, 11) is 7.96. The van der Waals surface area contributed by atoms with Crippen LogP contribution in [0, 0.1) is 6.92 Å². The van der Waals surface area contributed by atoms with Crippen molar-refractivity contribution in [3.8, 4) is 0 Å². The summed E-state index contributed by atoms with van der Waals surface area (Å²) in [6, 6.07) is 10.4. The number of benzene rings is 1. The molecule has 10 nitrogen and oxygen atoms in total. The summed E-state index contributed by atoms with van der Waals surface area (Å²) in [5.74, 6) is 3.37. The monoisotopic (exact) mass is 424 g/mol. The summed E-state index contributed by atoms with van der Waals surface area (Å²) in [4.78, 5) is 13.4. The minimum Gasteiger partial charge on any atom is -0.375 e. The van der Waals surface area contributed by atoms with Gasteiger partial charge in [0.2, 0.25) is 0 Å². The Morgan fingerprint density at radius 2 is 1.87 bits per heavy atom. The molecule has 10 heteroatoms. The zero-order valence-corrected chi connectivity index (χ0v) is 19.0. The number of anilines is 1. The van der Waals surface area contributed by atoms with Crippen LogP contribution < -0.4 is 10.2 Å². The molecule has 31 heavy (non-hydrogen) atoms. The fraction of sp³-hybridized carbons (Fsp3) is 0.476. The first-order valence-corrected chi connectivity index (χ1v) is 10.4. The van der Waals surface area contributed by atoms with Crippen LogP contribution in [-0.4, -0.2) is 67.6 Å². The Balaban J connectivity index is 1.61. The molecule has 0 saturated heterocycles. The van der Waals surface area contributed by atoms with Crippen LogP contribution in [0.2, 0.25) is 0 Å². The van der Waals surface area contributed by atoms with Crippen LogP contribution in [0.3, 0.4) is 0 Å². The van der Waals surface area contributed by atoms with E-state index in [1.165, 1.54) is 5.69 Å². The zero-order chi connectivity index (χ0) is 22.2. The third kappa shape index (κ3) is 6.03. The maximum Gasteiger partial charge on any atom is 0.194 e. The molecule has 2 aromatic heterocycles. The smallest absolute Gasteiger partial charge is 0.194 e. The topological polar surface area (TPSA) is 92.3 Å². The second-order valence-corrected chi connectivity index (χ2v) is 7.56. The molecule has 1 aromatic carbocycles. The van der Waals surface area contributed by atoms with Gasteiger partial charge in [-0.3, -0.25) is 4.68 Å². The van der Waals surface area contributed by atoms with Gasteiger partial charge in [-0.05, 0) is 25.5 Å². The summed E-state index contributed by atoms with van der Waals surface area (Å²) in [5, 5.41) is 16.0. The van der Waals surface area contributed by atoms with Gasteiger partial charge in [-0.15, -0.1) is 10.2 Å². The van der Waals surface area contributed by atoms with Crippen molar-refractivity contribution in [2.75, 3.05) is 32.1 Å². The number of aryl methyl sites for hydroxylation is 2. The highest BCUT2D eigenvalue weighted by atomic mass is 15.4. The molecule has 2 heterocycles. The highest BCUT2D eigenvalue weighted by Gasteiger charge is 2.12. The molecule has 3 rings (SSSR count). The number of rotatable bonds is 9. The van der Waals surface area contributed by atoms with E-state index in [2.05, 4.69) is 61.8 Å². The molecule has 1 N–H and O–H groups in total. The summed E-state index contributed by atoms with van der Waals surface area (Å²) in [6.07, 6.45) is 2.54. The Morgan fingerprint density at radius 3 is 2.52 bits per heavy atom. The number of hydrogen-bond donors (Lipinski definition) is 1. The number of hydrogen-bond acceptors (Lipinski definition) is 6. The molecule has 0 aliphatic carbocycles. The average molecular weight is 425 g/mol. The van der Waals surface area contributed by atoms with Crippen LogP contribution in [0.5, 0.6) is 0 Å². The van der Waals surface area contributed by atoms with Gasteiger partial charge in [0.25, 0.3) is 0 Å². The lowest BCUT2D eigenvalue weighted by atomic mass is 10.3. The molecule has 0 aliphatic rings. The fourth-order valence-electron chi connectivity index (χ4n) is 3.12. The Bertz CT molecular complexity index is 975. The first-order valence-electron chi connectivity index (χ1n) is 10.4. The van der Waals surface area contributed by atoms with Gasteiger partial charge < -0.3 is 19.7 Å². The van der Waals surface area contributed by atoms with E-state index in [1.54, 1.807) is 11.0 Å². The first kappa shape index (κ1) is 22.3. The predicted octanol–water partition coefficient (Wildman–Crippen LogP) is 1.36. The molecule has 0 fully saturated rings. The maximum atomic E-state index is 4.79. The van der Waals surface area contributed by atoms with Gasteiger partial charge in [-0.1, -0.05) is 18.2 Å². The average Bonchev–Trinajstić information content (AvgIpc) is 3.32. The minimum atomic E-state index is 0.451. The van der Waals surface area contributed by atoms with E-state index in [1.807, 2.05) is 43.6 Å². The number of nitrogens with one attached hydrogen (secondary N) is 1. The van der Waals surface area contributed by atoms with Gasteiger partial charge >= 0.3 is 0 Å². The summed E-state index contributed by atoms with van der Waals surface area (Å²) in [5.41, 5.74) is 1.22. The van der Waals surface area contributed by atoms with Gasteiger partial charge in [0.15, 0.2) is 11.8 Å². The number of nitrogens with zero attached hydrogens (tertiary/aromatic N) is 9. The predicted molar refractivity (Wildman–Crippen MR) is 122 cm³/mol. The third-order valence-electron chi connectivity index (χ3n) is 5.25. The summed E-state index contributed by atoms with van der Waals surface area (Å²) < 4.78 is 3.73. The van der Waals surface area contributed by atoms with Gasteiger partial charge in [0.05, 0.1) is 6.54 Å². The molecule has 0 amide bonds. The van der Waals surface area contributed by atoms with Gasteiger partial charge in [0, 0.05) is 47.0 Å². The lowest BCUT2D eigenvalue weighted by molar-refractivity contribution is 0.446. The van der Waals surface area contributed by atoms with Gasteiger partial charge in [0.1, 0.15) is 24.5 Å². The van der Waals surface area contributed by atoms with E-state index < -0.39 is 0 Å². The van der Waals surface area contributed by atoms with E-state index in [0.717, 1.165) is 42.9 Å². The van der Waals surface area contributed by atoms with Crippen molar-refractivity contribution in [2.45, 2.75) is 26.4 Å². The molecular formula is C21H32N10. The summed E-state index contributed by atoms with van der Waals surface area (Å²) >= 11 is 0. The normalized spacial score (nSPS) is 11.6. The molecule has 0 saturated carbocycles. The number of aromatic nitrogens is 6. The van der Waals surface area contributed by atoms with Crippen molar-refractivity contribution in [1.82, 2.24) is 39.7 Å². The van der Waals surface area contributed by atoms with Crippen molar-refractivity contribution in [3.63, 3.8) is 0 Å². The third-order valence-corrected chi connectivity index (χ3v) is 5.25. The largest absolute Gasteiger partial charge is 0.375 e. The SMILES string of the molecule is Cc1nnc(CN=C(NCCCN(C)c2ccccc2)N(C)Cc2ncnn2C)n1C. The van der Waals surface area contributed by atoms with Crippen molar-refractivity contribution in [1.29, 1.82) is 0 Å². The molecule has 3 aromatic rings. The van der Waals surface area contributed by atoms with Crippen molar-refractivity contribution >= 4 is 11.6 Å². The number of guanidine groups is 1. The highest BCUT2D eigenvalue weighted by Crippen LogP contribution is 2.10. The minimum absolute atomic E-state index is 0.451. The Labute approximate surface area is 183 Å². The molecule has 0 unspecified atom stereocenters. The van der Waals surface area contributed by atoms with Crippen molar-refractivity contribution in [2.24, 2.45) is 19.1 Å². The zero-order valence-electron chi connectivity index (χ0n) is 19.0. The van der Waals surface area contributed by atoms with E-state index in [9.17, 15) is 0 Å². The lowest BCUT2D eigenvalue weighted by Crippen LogP contribution is -2.40.